The van der Waals surface area contributed by atoms with Crippen LogP contribution in [-0.2, 0) is 0 Å². The molecule has 2 nitrogen and oxygen atoms in total. The van der Waals surface area contributed by atoms with Crippen LogP contribution in [-0.4, -0.2) is 42.8 Å². The molecule has 5 heteroatoms. The molecule has 1 aliphatic carbocycles. The summed E-state index contributed by atoms with van der Waals surface area (Å²) >= 11 is 0. The second-order valence-corrected chi connectivity index (χ2v) is 5.58. The number of hydrogen-bond acceptors (Lipinski definition) is 2. The quantitative estimate of drug-likeness (QED) is 0.726. The zero-order valence-electron chi connectivity index (χ0n) is 11.6. The smallest absolute Gasteiger partial charge is 0.312 e. The molecule has 0 bridgehead atoms. The van der Waals surface area contributed by atoms with E-state index >= 15 is 0 Å². The monoisotopic (exact) mass is 266 g/mol. The Kier molecular flexibility index (Phi) is 5.92. The van der Waals surface area contributed by atoms with E-state index in [4.69, 9.17) is 0 Å². The van der Waals surface area contributed by atoms with Gasteiger partial charge in [-0.25, -0.2) is 0 Å². The maximum absolute atomic E-state index is 12.5. The molecular formula is C13H25F3N2. The van der Waals surface area contributed by atoms with Gasteiger partial charge in [0.25, 0.3) is 0 Å². The fourth-order valence-corrected chi connectivity index (χ4v) is 2.11. The summed E-state index contributed by atoms with van der Waals surface area (Å²) < 4.78 is 37.6. The third kappa shape index (κ3) is 6.05. The molecule has 0 aromatic carbocycles. The highest BCUT2D eigenvalue weighted by molar-refractivity contribution is 4.88. The molecule has 1 unspecified atom stereocenters. The van der Waals surface area contributed by atoms with Crippen molar-refractivity contribution in [3.05, 3.63) is 0 Å². The van der Waals surface area contributed by atoms with E-state index < -0.39 is 12.7 Å². The zero-order valence-corrected chi connectivity index (χ0v) is 11.6. The second-order valence-electron chi connectivity index (χ2n) is 5.58. The lowest BCUT2D eigenvalue weighted by Crippen LogP contribution is -2.48. The Labute approximate surface area is 108 Å². The molecule has 1 atom stereocenters. The van der Waals surface area contributed by atoms with Crippen molar-refractivity contribution in [2.75, 3.05) is 19.6 Å². The first-order valence-corrected chi connectivity index (χ1v) is 6.87. The van der Waals surface area contributed by atoms with Crippen LogP contribution >= 0.6 is 0 Å². The Hall–Kier alpha value is -0.290. The van der Waals surface area contributed by atoms with Crippen LogP contribution in [0.1, 0.15) is 40.0 Å². The van der Waals surface area contributed by atoms with Crippen molar-refractivity contribution < 1.29 is 13.2 Å². The summed E-state index contributed by atoms with van der Waals surface area (Å²) in [7, 11) is 0. The Morgan fingerprint density at radius 2 is 1.89 bits per heavy atom. The fourth-order valence-electron chi connectivity index (χ4n) is 2.11. The van der Waals surface area contributed by atoms with Gasteiger partial charge in [-0.3, -0.25) is 4.90 Å². The molecule has 0 aromatic heterocycles. The lowest BCUT2D eigenvalue weighted by molar-refractivity contribution is -0.148. The van der Waals surface area contributed by atoms with Crippen molar-refractivity contribution in [1.82, 2.24) is 10.2 Å². The molecule has 1 rings (SSSR count). The van der Waals surface area contributed by atoms with Crippen molar-refractivity contribution in [2.45, 2.75) is 58.3 Å². The van der Waals surface area contributed by atoms with Crippen LogP contribution in [0.5, 0.6) is 0 Å². The van der Waals surface area contributed by atoms with Gasteiger partial charge in [-0.1, -0.05) is 20.8 Å². The number of alkyl halides is 3. The third-order valence-electron chi connectivity index (χ3n) is 3.34. The van der Waals surface area contributed by atoms with Gasteiger partial charge in [0.05, 0.1) is 6.54 Å². The summed E-state index contributed by atoms with van der Waals surface area (Å²) in [6.45, 7) is 6.79. The summed E-state index contributed by atoms with van der Waals surface area (Å²) in [6.07, 6.45) is -1.26. The SMILES string of the molecule is CCCNC(CN(CC(F)(F)F)C1CC1)C(C)C. The minimum absolute atomic E-state index is 0.146. The first-order valence-electron chi connectivity index (χ1n) is 6.87. The molecule has 0 spiro atoms. The van der Waals surface area contributed by atoms with Crippen LogP contribution < -0.4 is 5.32 Å². The third-order valence-corrected chi connectivity index (χ3v) is 3.34. The van der Waals surface area contributed by atoms with E-state index in [9.17, 15) is 13.2 Å². The Morgan fingerprint density at radius 1 is 1.28 bits per heavy atom. The number of nitrogens with zero attached hydrogens (tertiary/aromatic N) is 1. The topological polar surface area (TPSA) is 15.3 Å². The predicted molar refractivity (Wildman–Crippen MR) is 67.6 cm³/mol. The van der Waals surface area contributed by atoms with Crippen LogP contribution in [0.4, 0.5) is 13.2 Å². The number of halogens is 3. The van der Waals surface area contributed by atoms with E-state index in [2.05, 4.69) is 26.1 Å². The lowest BCUT2D eigenvalue weighted by Gasteiger charge is -2.31. The highest BCUT2D eigenvalue weighted by atomic mass is 19.4. The summed E-state index contributed by atoms with van der Waals surface area (Å²) in [4.78, 5) is 1.60. The van der Waals surface area contributed by atoms with Gasteiger partial charge in [0, 0.05) is 18.6 Å². The summed E-state index contributed by atoms with van der Waals surface area (Å²) in [6, 6.07) is 0.296. The van der Waals surface area contributed by atoms with Gasteiger partial charge in [0.15, 0.2) is 0 Å². The Balaban J connectivity index is 2.51. The van der Waals surface area contributed by atoms with Gasteiger partial charge in [0.2, 0.25) is 0 Å². The van der Waals surface area contributed by atoms with Crippen molar-refractivity contribution in [3.8, 4) is 0 Å². The maximum atomic E-state index is 12.5. The second kappa shape index (κ2) is 6.75. The van der Waals surface area contributed by atoms with Crippen LogP contribution in [0.15, 0.2) is 0 Å². The van der Waals surface area contributed by atoms with E-state index in [-0.39, 0.29) is 12.1 Å². The van der Waals surface area contributed by atoms with Crippen molar-refractivity contribution in [3.63, 3.8) is 0 Å². The maximum Gasteiger partial charge on any atom is 0.401 e. The van der Waals surface area contributed by atoms with Crippen LogP contribution in [0.25, 0.3) is 0 Å². The van der Waals surface area contributed by atoms with Crippen LogP contribution in [0.3, 0.4) is 0 Å². The van der Waals surface area contributed by atoms with Gasteiger partial charge in [-0.15, -0.1) is 0 Å². The average molecular weight is 266 g/mol. The molecule has 18 heavy (non-hydrogen) atoms. The van der Waals surface area contributed by atoms with Crippen LogP contribution in [0, 0.1) is 5.92 Å². The molecule has 1 N–H and O–H groups in total. The number of nitrogens with one attached hydrogen (secondary N) is 1. The number of hydrogen-bond donors (Lipinski definition) is 1. The standard InChI is InChI=1S/C13H25F3N2/c1-4-7-17-12(10(2)3)8-18(11-5-6-11)9-13(14,15)16/h10-12,17H,4-9H2,1-3H3. The van der Waals surface area contributed by atoms with E-state index in [1.165, 1.54) is 0 Å². The van der Waals surface area contributed by atoms with E-state index in [1.807, 2.05) is 0 Å². The minimum atomic E-state index is -4.09. The molecule has 1 saturated carbocycles. The summed E-state index contributed by atoms with van der Waals surface area (Å²) in [5, 5.41) is 3.36. The minimum Gasteiger partial charge on any atom is -0.312 e. The molecule has 0 radical (unpaired) electrons. The Morgan fingerprint density at radius 3 is 2.28 bits per heavy atom. The molecule has 0 aromatic rings. The first kappa shape index (κ1) is 15.8. The Bertz CT molecular complexity index is 237. The molecule has 1 fully saturated rings. The molecular weight excluding hydrogens is 241 g/mol. The van der Waals surface area contributed by atoms with Gasteiger partial charge >= 0.3 is 6.18 Å². The van der Waals surface area contributed by atoms with Crippen molar-refractivity contribution >= 4 is 0 Å². The summed E-state index contributed by atoms with van der Waals surface area (Å²) in [5.74, 6) is 0.353. The molecule has 108 valence electrons. The normalized spacial score (nSPS) is 18.7. The van der Waals surface area contributed by atoms with E-state index in [0.29, 0.717) is 12.5 Å². The van der Waals surface area contributed by atoms with Gasteiger partial charge in [0.1, 0.15) is 0 Å². The molecule has 1 aliphatic rings. The van der Waals surface area contributed by atoms with E-state index in [1.54, 1.807) is 4.90 Å². The van der Waals surface area contributed by atoms with Gasteiger partial charge in [-0.05, 0) is 31.7 Å². The molecule has 0 aliphatic heterocycles. The van der Waals surface area contributed by atoms with Crippen molar-refractivity contribution in [2.24, 2.45) is 5.92 Å². The van der Waals surface area contributed by atoms with Gasteiger partial charge < -0.3 is 5.32 Å². The zero-order chi connectivity index (χ0) is 13.8. The number of rotatable bonds is 8. The van der Waals surface area contributed by atoms with Crippen molar-refractivity contribution in [1.29, 1.82) is 0 Å². The fraction of sp³-hybridized carbons (Fsp3) is 1.00. The highest BCUT2D eigenvalue weighted by Gasteiger charge is 2.38. The first-order chi connectivity index (χ1) is 8.33. The van der Waals surface area contributed by atoms with Crippen LogP contribution in [0.2, 0.25) is 0 Å². The van der Waals surface area contributed by atoms with E-state index in [0.717, 1.165) is 25.8 Å². The average Bonchev–Trinajstić information content (AvgIpc) is 3.03. The largest absolute Gasteiger partial charge is 0.401 e. The predicted octanol–water partition coefficient (Wildman–Crippen LogP) is 3.04. The molecule has 0 heterocycles. The lowest BCUT2D eigenvalue weighted by atomic mass is 10.0. The highest BCUT2D eigenvalue weighted by Crippen LogP contribution is 2.30. The summed E-state index contributed by atoms with van der Waals surface area (Å²) in [5.41, 5.74) is 0. The van der Waals surface area contributed by atoms with Gasteiger partial charge in [-0.2, -0.15) is 13.2 Å². The molecule has 0 amide bonds. The molecule has 0 saturated heterocycles.